The number of rotatable bonds is 7. The molecule has 7 heteroatoms. The number of aryl methyl sites for hydroxylation is 2. The molecule has 102 valence electrons. The van der Waals surface area contributed by atoms with Crippen molar-refractivity contribution in [2.45, 2.75) is 32.8 Å². The maximum atomic E-state index is 11.1. The summed E-state index contributed by atoms with van der Waals surface area (Å²) in [5, 5.41) is 18.3. The van der Waals surface area contributed by atoms with Crippen LogP contribution in [0.5, 0.6) is 5.88 Å². The van der Waals surface area contributed by atoms with Crippen molar-refractivity contribution in [3.05, 3.63) is 15.8 Å². The molecule has 1 rings (SSSR count). The Kier molecular flexibility index (Phi) is 5.08. The summed E-state index contributed by atoms with van der Waals surface area (Å²) in [5.74, 6) is 0.228. The first-order valence-corrected chi connectivity index (χ1v) is 6.02. The summed E-state index contributed by atoms with van der Waals surface area (Å²) >= 11 is 0. The molecule has 18 heavy (non-hydrogen) atoms. The van der Waals surface area contributed by atoms with Crippen LogP contribution >= 0.6 is 0 Å². The van der Waals surface area contributed by atoms with E-state index in [1.165, 1.54) is 4.68 Å². The lowest BCUT2D eigenvalue weighted by atomic mass is 10.2. The molecule has 0 radical (unpaired) electrons. The number of hydrogen-bond donors (Lipinski definition) is 1. The van der Waals surface area contributed by atoms with E-state index in [-0.39, 0.29) is 17.7 Å². The van der Waals surface area contributed by atoms with Gasteiger partial charge in [-0.25, -0.2) is 4.68 Å². The molecule has 0 saturated carbocycles. The fourth-order valence-corrected chi connectivity index (χ4v) is 1.79. The highest BCUT2D eigenvalue weighted by Crippen LogP contribution is 2.31. The molecule has 0 aliphatic rings. The Morgan fingerprint density at radius 2 is 2.28 bits per heavy atom. The quantitative estimate of drug-likeness (QED) is 0.586. The van der Waals surface area contributed by atoms with Gasteiger partial charge in [0.05, 0.1) is 4.92 Å². The second-order valence-corrected chi connectivity index (χ2v) is 4.22. The molecule has 0 spiro atoms. The summed E-state index contributed by atoms with van der Waals surface area (Å²) < 4.78 is 7.04. The van der Waals surface area contributed by atoms with Gasteiger partial charge < -0.3 is 10.1 Å². The van der Waals surface area contributed by atoms with Gasteiger partial charge in [0.15, 0.2) is 0 Å². The summed E-state index contributed by atoms with van der Waals surface area (Å²) in [6.45, 7) is 4.43. The zero-order chi connectivity index (χ0) is 13.7. The molecule has 1 aromatic rings. The van der Waals surface area contributed by atoms with E-state index in [1.807, 2.05) is 13.8 Å². The average Bonchev–Trinajstić information content (AvgIpc) is 2.56. The Morgan fingerprint density at radius 1 is 1.61 bits per heavy atom. The fraction of sp³-hybridized carbons (Fsp3) is 0.727. The highest BCUT2D eigenvalue weighted by molar-refractivity contribution is 5.46. The third kappa shape index (κ3) is 3.19. The Balaban J connectivity index is 3.05. The lowest BCUT2D eigenvalue weighted by molar-refractivity contribution is -0.386. The van der Waals surface area contributed by atoms with Crippen molar-refractivity contribution in [2.75, 3.05) is 13.6 Å². The lowest BCUT2D eigenvalue weighted by Crippen LogP contribution is -2.27. The summed E-state index contributed by atoms with van der Waals surface area (Å²) in [5.41, 5.74) is 0.471. The topological polar surface area (TPSA) is 82.2 Å². The van der Waals surface area contributed by atoms with Gasteiger partial charge in [-0.1, -0.05) is 13.3 Å². The number of ether oxygens (including phenoxy) is 1. The molecule has 1 unspecified atom stereocenters. The summed E-state index contributed by atoms with van der Waals surface area (Å²) in [7, 11) is 3.47. The molecule has 1 heterocycles. The largest absolute Gasteiger partial charge is 0.469 e. The first-order chi connectivity index (χ1) is 8.51. The predicted molar refractivity (Wildman–Crippen MR) is 67.9 cm³/mol. The molecule has 1 atom stereocenters. The second-order valence-electron chi connectivity index (χ2n) is 4.22. The molecule has 0 amide bonds. The minimum Gasteiger partial charge on any atom is -0.469 e. The molecule has 7 nitrogen and oxygen atoms in total. The van der Waals surface area contributed by atoms with Crippen molar-refractivity contribution < 1.29 is 9.66 Å². The number of nitrogens with zero attached hydrogens (tertiary/aromatic N) is 3. The Bertz CT molecular complexity index is 417. The Hall–Kier alpha value is -1.63. The van der Waals surface area contributed by atoms with Crippen LogP contribution in [0.2, 0.25) is 0 Å². The zero-order valence-electron chi connectivity index (χ0n) is 11.3. The number of nitrogens with one attached hydrogen (secondary N) is 1. The molecule has 0 saturated heterocycles. The number of hydrogen-bond acceptors (Lipinski definition) is 5. The number of aromatic nitrogens is 2. The van der Waals surface area contributed by atoms with Crippen molar-refractivity contribution in [1.82, 2.24) is 15.1 Å². The van der Waals surface area contributed by atoms with Crippen LogP contribution in [0.25, 0.3) is 0 Å². The van der Waals surface area contributed by atoms with E-state index >= 15 is 0 Å². The van der Waals surface area contributed by atoms with Crippen LogP contribution in [-0.2, 0) is 13.5 Å². The highest BCUT2D eigenvalue weighted by atomic mass is 16.6. The average molecular weight is 256 g/mol. The van der Waals surface area contributed by atoms with E-state index in [0.29, 0.717) is 18.7 Å². The van der Waals surface area contributed by atoms with Crippen molar-refractivity contribution >= 4 is 5.69 Å². The van der Waals surface area contributed by atoms with Gasteiger partial charge in [0, 0.05) is 13.6 Å². The summed E-state index contributed by atoms with van der Waals surface area (Å²) in [4.78, 5) is 10.7. The second kappa shape index (κ2) is 6.34. The summed E-state index contributed by atoms with van der Waals surface area (Å²) in [6, 6.07) is 0. The van der Waals surface area contributed by atoms with Crippen molar-refractivity contribution in [3.63, 3.8) is 0 Å². The lowest BCUT2D eigenvalue weighted by Gasteiger charge is -2.13. The Labute approximate surface area is 106 Å². The third-order valence-electron chi connectivity index (χ3n) is 2.51. The normalized spacial score (nSPS) is 12.4. The summed E-state index contributed by atoms with van der Waals surface area (Å²) in [6.07, 6.45) is 1.23. The predicted octanol–water partition coefficient (Wildman–Crippen LogP) is 1.27. The van der Waals surface area contributed by atoms with E-state index in [2.05, 4.69) is 10.4 Å². The van der Waals surface area contributed by atoms with Crippen molar-refractivity contribution in [3.8, 4) is 5.88 Å². The molecule has 1 aromatic heterocycles. The van der Waals surface area contributed by atoms with Crippen LogP contribution in [-0.4, -0.2) is 34.4 Å². The smallest absolute Gasteiger partial charge is 0.353 e. The SMILES string of the molecule is CCCc1nn(C)c(OC(C)CNC)c1[N+](=O)[O-]. The van der Waals surface area contributed by atoms with Crippen molar-refractivity contribution in [1.29, 1.82) is 0 Å². The molecular weight excluding hydrogens is 236 g/mol. The van der Waals surface area contributed by atoms with Gasteiger partial charge in [0.1, 0.15) is 11.8 Å². The van der Waals surface area contributed by atoms with Gasteiger partial charge in [-0.2, -0.15) is 5.10 Å². The van der Waals surface area contributed by atoms with E-state index in [9.17, 15) is 10.1 Å². The fourth-order valence-electron chi connectivity index (χ4n) is 1.79. The molecular formula is C11H20N4O3. The standard InChI is InChI=1S/C11H20N4O3/c1-5-6-9-10(15(16)17)11(14(4)13-9)18-8(2)7-12-3/h8,12H,5-7H2,1-4H3. The maximum Gasteiger partial charge on any atom is 0.353 e. The van der Waals surface area contributed by atoms with Crippen LogP contribution in [0, 0.1) is 10.1 Å². The monoisotopic (exact) mass is 256 g/mol. The van der Waals surface area contributed by atoms with Crippen molar-refractivity contribution in [2.24, 2.45) is 7.05 Å². The van der Waals surface area contributed by atoms with E-state index in [4.69, 9.17) is 4.74 Å². The van der Waals surface area contributed by atoms with Crippen LogP contribution in [0.15, 0.2) is 0 Å². The highest BCUT2D eigenvalue weighted by Gasteiger charge is 2.28. The molecule has 0 aromatic carbocycles. The van der Waals surface area contributed by atoms with Gasteiger partial charge in [0.2, 0.25) is 0 Å². The Morgan fingerprint density at radius 3 is 2.78 bits per heavy atom. The molecule has 1 N–H and O–H groups in total. The minimum absolute atomic E-state index is 0.0118. The number of nitro groups is 1. The van der Waals surface area contributed by atoms with E-state index in [0.717, 1.165) is 6.42 Å². The minimum atomic E-state index is -0.417. The third-order valence-corrected chi connectivity index (χ3v) is 2.51. The van der Waals surface area contributed by atoms with Crippen LogP contribution in [0.1, 0.15) is 26.0 Å². The molecule has 0 aliphatic carbocycles. The first kappa shape index (κ1) is 14.4. The van der Waals surface area contributed by atoms with Gasteiger partial charge in [0.25, 0.3) is 5.88 Å². The van der Waals surface area contributed by atoms with Crippen LogP contribution in [0.3, 0.4) is 0 Å². The number of likely N-dealkylation sites (N-methyl/N-ethyl adjacent to an activating group) is 1. The van der Waals surface area contributed by atoms with Crippen LogP contribution < -0.4 is 10.1 Å². The van der Waals surface area contributed by atoms with Gasteiger partial charge >= 0.3 is 5.69 Å². The molecule has 0 bridgehead atoms. The maximum absolute atomic E-state index is 11.1. The van der Waals surface area contributed by atoms with Gasteiger partial charge in [-0.15, -0.1) is 0 Å². The zero-order valence-corrected chi connectivity index (χ0v) is 11.3. The van der Waals surface area contributed by atoms with E-state index in [1.54, 1.807) is 14.1 Å². The van der Waals surface area contributed by atoms with Crippen LogP contribution in [0.4, 0.5) is 5.69 Å². The van der Waals surface area contributed by atoms with E-state index < -0.39 is 4.92 Å². The molecule has 0 aliphatic heterocycles. The van der Waals surface area contributed by atoms with Gasteiger partial charge in [-0.05, 0) is 20.4 Å². The van der Waals surface area contributed by atoms with Gasteiger partial charge in [-0.3, -0.25) is 10.1 Å². The first-order valence-electron chi connectivity index (χ1n) is 6.02. The molecule has 0 fully saturated rings.